The minimum atomic E-state index is -1.18. The predicted molar refractivity (Wildman–Crippen MR) is 86.8 cm³/mol. The Morgan fingerprint density at radius 1 is 1.04 bits per heavy atom. The van der Waals surface area contributed by atoms with Crippen molar-refractivity contribution < 1.29 is 24.3 Å². The van der Waals surface area contributed by atoms with E-state index in [1.54, 1.807) is 13.8 Å². The molecule has 0 aromatic carbocycles. The number of nitrogens with one attached hydrogen (secondary N) is 3. The van der Waals surface area contributed by atoms with Crippen molar-refractivity contribution in [1.82, 2.24) is 16.0 Å². The molecule has 0 aliphatic carbocycles. The molecular formula is C13H24N4O5S. The topological polar surface area (TPSA) is 151 Å². The van der Waals surface area contributed by atoms with Crippen molar-refractivity contribution in [3.05, 3.63) is 0 Å². The zero-order valence-corrected chi connectivity index (χ0v) is 14.2. The van der Waals surface area contributed by atoms with E-state index in [1.165, 1.54) is 6.92 Å². The fraction of sp³-hybridized carbons (Fsp3) is 0.692. The molecule has 3 amide bonds. The molecule has 0 rings (SSSR count). The van der Waals surface area contributed by atoms with Crippen LogP contribution in [-0.2, 0) is 19.2 Å². The van der Waals surface area contributed by atoms with Crippen LogP contribution in [0.15, 0.2) is 0 Å². The minimum absolute atomic E-state index is 0.0233. The Morgan fingerprint density at radius 2 is 1.61 bits per heavy atom. The number of carboxylic acid groups (broad SMARTS) is 1. The summed E-state index contributed by atoms with van der Waals surface area (Å²) in [4.78, 5) is 46.3. The van der Waals surface area contributed by atoms with Crippen LogP contribution >= 0.6 is 12.6 Å². The van der Waals surface area contributed by atoms with Crippen LogP contribution in [0, 0.1) is 5.92 Å². The maximum Gasteiger partial charge on any atom is 0.325 e. The lowest BCUT2D eigenvalue weighted by Gasteiger charge is -2.25. The van der Waals surface area contributed by atoms with Crippen LogP contribution in [-0.4, -0.2) is 59.2 Å². The first-order valence-corrected chi connectivity index (χ1v) is 7.71. The van der Waals surface area contributed by atoms with E-state index in [-0.39, 0.29) is 18.2 Å². The number of nitrogens with two attached hydrogens (primary N) is 1. The molecule has 0 aromatic heterocycles. The van der Waals surface area contributed by atoms with Crippen LogP contribution in [0.4, 0.5) is 0 Å². The summed E-state index contributed by atoms with van der Waals surface area (Å²) >= 11 is 3.98. The number of carbonyl (C=O) groups is 4. The van der Waals surface area contributed by atoms with Gasteiger partial charge in [0.1, 0.15) is 18.1 Å². The SMILES string of the molecule is CC(NC(=O)C(NC(=O)C(CS)NC(=O)CN)C(C)C)C(=O)O. The van der Waals surface area contributed by atoms with Gasteiger partial charge in [0.25, 0.3) is 0 Å². The average molecular weight is 348 g/mol. The third-order valence-electron chi connectivity index (χ3n) is 3.00. The van der Waals surface area contributed by atoms with Crippen LogP contribution in [0.3, 0.4) is 0 Å². The first-order valence-electron chi connectivity index (χ1n) is 7.07. The Bertz CT molecular complexity index is 458. The summed E-state index contributed by atoms with van der Waals surface area (Å²) < 4.78 is 0. The highest BCUT2D eigenvalue weighted by Gasteiger charge is 2.29. The van der Waals surface area contributed by atoms with Gasteiger partial charge in [-0.15, -0.1) is 0 Å². The largest absolute Gasteiger partial charge is 0.480 e. The fourth-order valence-electron chi connectivity index (χ4n) is 1.60. The maximum atomic E-state index is 12.2. The first-order chi connectivity index (χ1) is 10.6. The van der Waals surface area contributed by atoms with Gasteiger partial charge in [-0.25, -0.2) is 0 Å². The molecule has 0 spiro atoms. The van der Waals surface area contributed by atoms with Gasteiger partial charge in [-0.05, 0) is 12.8 Å². The molecule has 0 bridgehead atoms. The van der Waals surface area contributed by atoms with E-state index in [0.717, 1.165) is 0 Å². The summed E-state index contributed by atoms with van der Waals surface area (Å²) in [6.07, 6.45) is 0. The van der Waals surface area contributed by atoms with Gasteiger partial charge in [-0.3, -0.25) is 19.2 Å². The summed E-state index contributed by atoms with van der Waals surface area (Å²) in [5.41, 5.74) is 5.17. The Morgan fingerprint density at radius 3 is 2.00 bits per heavy atom. The maximum absolute atomic E-state index is 12.2. The standard InChI is InChI=1S/C13H24N4O5S/c1-6(2)10(12(20)15-7(3)13(21)22)17-11(19)8(5-23)16-9(18)4-14/h6-8,10,23H,4-5,14H2,1-3H3,(H,15,20)(H,16,18)(H,17,19)(H,21,22). The predicted octanol–water partition coefficient (Wildman–Crippen LogP) is -1.91. The molecule has 9 nitrogen and oxygen atoms in total. The van der Waals surface area contributed by atoms with Gasteiger partial charge in [-0.2, -0.15) is 12.6 Å². The van der Waals surface area contributed by atoms with Crippen molar-refractivity contribution in [1.29, 1.82) is 0 Å². The van der Waals surface area contributed by atoms with Crippen molar-refractivity contribution in [2.24, 2.45) is 11.7 Å². The van der Waals surface area contributed by atoms with Crippen LogP contribution in [0.25, 0.3) is 0 Å². The fourth-order valence-corrected chi connectivity index (χ4v) is 1.86. The van der Waals surface area contributed by atoms with Gasteiger partial charge in [0, 0.05) is 5.75 Å². The summed E-state index contributed by atoms with van der Waals surface area (Å²) in [5.74, 6) is -3.19. The molecule has 3 unspecified atom stereocenters. The smallest absolute Gasteiger partial charge is 0.325 e. The summed E-state index contributed by atoms with van der Waals surface area (Å²) in [7, 11) is 0. The van der Waals surface area contributed by atoms with Gasteiger partial charge < -0.3 is 26.8 Å². The minimum Gasteiger partial charge on any atom is -0.480 e. The molecule has 132 valence electrons. The second kappa shape index (κ2) is 10.1. The third-order valence-corrected chi connectivity index (χ3v) is 3.36. The number of thiol groups is 1. The van der Waals surface area contributed by atoms with E-state index in [0.29, 0.717) is 0 Å². The molecule has 0 aliphatic rings. The van der Waals surface area contributed by atoms with Crippen molar-refractivity contribution in [3.63, 3.8) is 0 Å². The van der Waals surface area contributed by atoms with Gasteiger partial charge in [0.05, 0.1) is 6.54 Å². The Balaban J connectivity index is 4.91. The molecule has 0 saturated heterocycles. The number of amides is 3. The third kappa shape index (κ3) is 7.33. The van der Waals surface area contributed by atoms with Gasteiger partial charge >= 0.3 is 5.97 Å². The van der Waals surface area contributed by atoms with Crippen molar-refractivity contribution in [2.45, 2.75) is 38.9 Å². The second-order valence-corrected chi connectivity index (χ2v) is 5.67. The molecule has 0 aliphatic heterocycles. The average Bonchev–Trinajstić information content (AvgIpc) is 2.48. The number of hydrogen-bond donors (Lipinski definition) is 6. The lowest BCUT2D eigenvalue weighted by molar-refractivity contribution is -0.142. The number of aliphatic carboxylic acids is 1. The zero-order chi connectivity index (χ0) is 18.2. The molecule has 10 heteroatoms. The molecular weight excluding hydrogens is 324 g/mol. The summed E-state index contributed by atoms with van der Waals surface area (Å²) in [6, 6.07) is -2.97. The van der Waals surface area contributed by atoms with E-state index in [4.69, 9.17) is 10.8 Å². The van der Waals surface area contributed by atoms with Crippen LogP contribution in [0.1, 0.15) is 20.8 Å². The van der Waals surface area contributed by atoms with Crippen LogP contribution < -0.4 is 21.7 Å². The molecule has 0 fully saturated rings. The summed E-state index contributed by atoms with van der Waals surface area (Å²) in [5, 5.41) is 16.0. The normalized spacial score (nSPS) is 14.5. The van der Waals surface area contributed by atoms with E-state index in [1.807, 2.05) is 0 Å². The Hall–Kier alpha value is -1.81. The number of carboxylic acids is 1. The van der Waals surface area contributed by atoms with Crippen LogP contribution in [0.5, 0.6) is 0 Å². The molecule has 0 radical (unpaired) electrons. The number of rotatable bonds is 9. The molecule has 0 aromatic rings. The molecule has 3 atom stereocenters. The molecule has 6 N–H and O–H groups in total. The quantitative estimate of drug-likeness (QED) is 0.268. The Labute approximate surface area is 140 Å². The zero-order valence-electron chi connectivity index (χ0n) is 13.3. The van der Waals surface area contributed by atoms with E-state index in [2.05, 4.69) is 28.6 Å². The van der Waals surface area contributed by atoms with E-state index < -0.39 is 41.8 Å². The van der Waals surface area contributed by atoms with Crippen molar-refractivity contribution in [3.8, 4) is 0 Å². The molecule has 0 heterocycles. The van der Waals surface area contributed by atoms with Crippen molar-refractivity contribution >= 4 is 36.3 Å². The highest BCUT2D eigenvalue weighted by molar-refractivity contribution is 7.80. The second-order valence-electron chi connectivity index (χ2n) is 5.31. The Kier molecular flexibility index (Phi) is 9.27. The van der Waals surface area contributed by atoms with E-state index in [9.17, 15) is 19.2 Å². The number of hydrogen-bond acceptors (Lipinski definition) is 6. The molecule has 0 saturated carbocycles. The van der Waals surface area contributed by atoms with Gasteiger partial charge in [-0.1, -0.05) is 13.8 Å². The van der Waals surface area contributed by atoms with Gasteiger partial charge in [0.2, 0.25) is 17.7 Å². The van der Waals surface area contributed by atoms with Crippen molar-refractivity contribution in [2.75, 3.05) is 12.3 Å². The number of carbonyl (C=O) groups excluding carboxylic acids is 3. The van der Waals surface area contributed by atoms with Gasteiger partial charge in [0.15, 0.2) is 0 Å². The lowest BCUT2D eigenvalue weighted by atomic mass is 10.0. The highest BCUT2D eigenvalue weighted by Crippen LogP contribution is 2.04. The lowest BCUT2D eigenvalue weighted by Crippen LogP contribution is -2.57. The monoisotopic (exact) mass is 348 g/mol. The van der Waals surface area contributed by atoms with E-state index >= 15 is 0 Å². The summed E-state index contributed by atoms with van der Waals surface area (Å²) in [6.45, 7) is 4.44. The van der Waals surface area contributed by atoms with Crippen LogP contribution in [0.2, 0.25) is 0 Å². The highest BCUT2D eigenvalue weighted by atomic mass is 32.1. The molecule has 23 heavy (non-hydrogen) atoms. The first kappa shape index (κ1) is 21.2.